The molecule has 0 fully saturated rings. The van der Waals surface area contributed by atoms with Crippen LogP contribution in [0.5, 0.6) is 0 Å². The number of aromatic nitrogens is 4. The summed E-state index contributed by atoms with van der Waals surface area (Å²) in [4.78, 5) is 17.5. The third-order valence-corrected chi connectivity index (χ3v) is 3.67. The fourth-order valence-electron chi connectivity index (χ4n) is 1.07. The van der Waals surface area contributed by atoms with Gasteiger partial charge in [0.2, 0.25) is 5.95 Å². The van der Waals surface area contributed by atoms with E-state index in [9.17, 15) is 4.79 Å². The minimum absolute atomic E-state index is 0.136. The van der Waals surface area contributed by atoms with Gasteiger partial charge in [-0.15, -0.1) is 10.2 Å². The summed E-state index contributed by atoms with van der Waals surface area (Å²) >= 11 is 3.00. The van der Waals surface area contributed by atoms with E-state index in [1.165, 1.54) is 29.2 Å². The quantitative estimate of drug-likeness (QED) is 0.787. The molecule has 2 rings (SSSR count). The average Bonchev–Trinajstić information content (AvgIpc) is 2.60. The molecule has 0 aliphatic rings. The number of hydrogen-bond donors (Lipinski definition) is 2. The van der Waals surface area contributed by atoms with Gasteiger partial charge in [0.25, 0.3) is 5.56 Å². The summed E-state index contributed by atoms with van der Waals surface area (Å²) < 4.78 is 0.859. The summed E-state index contributed by atoms with van der Waals surface area (Å²) in [7, 11) is 0. The number of aryl methyl sites for hydroxylation is 1. The summed E-state index contributed by atoms with van der Waals surface area (Å²) in [5, 5.41) is 8.78. The van der Waals surface area contributed by atoms with Crippen LogP contribution in [0.25, 0.3) is 0 Å². The predicted octanol–water partition coefficient (Wildman–Crippen LogP) is 0.804. The molecule has 0 bridgehead atoms. The molecule has 16 heavy (non-hydrogen) atoms. The van der Waals surface area contributed by atoms with Gasteiger partial charge in [0.15, 0.2) is 4.34 Å². The number of nitrogen functional groups attached to an aromatic ring is 1. The minimum Gasteiger partial charge on any atom is -0.369 e. The van der Waals surface area contributed by atoms with Gasteiger partial charge in [0.05, 0.1) is 5.69 Å². The maximum absolute atomic E-state index is 11.1. The SMILES string of the molecule is Cc1nnc(SCc2cc(=O)[nH]c(N)n2)s1. The first-order chi connectivity index (χ1) is 7.63. The van der Waals surface area contributed by atoms with Crippen LogP contribution in [-0.4, -0.2) is 20.2 Å². The van der Waals surface area contributed by atoms with Gasteiger partial charge < -0.3 is 5.73 Å². The minimum atomic E-state index is -0.239. The van der Waals surface area contributed by atoms with Crippen molar-refractivity contribution in [2.45, 2.75) is 17.0 Å². The Bertz CT molecular complexity index is 549. The normalized spacial score (nSPS) is 10.6. The molecule has 0 amide bonds. The van der Waals surface area contributed by atoms with Crippen molar-refractivity contribution in [3.63, 3.8) is 0 Å². The van der Waals surface area contributed by atoms with Crippen LogP contribution in [0.4, 0.5) is 5.95 Å². The highest BCUT2D eigenvalue weighted by Gasteiger charge is 2.04. The molecule has 84 valence electrons. The molecule has 0 radical (unpaired) electrons. The van der Waals surface area contributed by atoms with Gasteiger partial charge in [-0.1, -0.05) is 23.1 Å². The number of nitrogens with zero attached hydrogens (tertiary/aromatic N) is 3. The molecule has 2 heterocycles. The van der Waals surface area contributed by atoms with Gasteiger partial charge in [-0.25, -0.2) is 4.98 Å². The Morgan fingerprint density at radius 1 is 1.56 bits per heavy atom. The number of thioether (sulfide) groups is 1. The lowest BCUT2D eigenvalue weighted by molar-refractivity contribution is 0.982. The highest BCUT2D eigenvalue weighted by molar-refractivity contribution is 8.00. The van der Waals surface area contributed by atoms with Crippen LogP contribution >= 0.6 is 23.1 Å². The first kappa shape index (κ1) is 11.1. The summed E-state index contributed by atoms with van der Waals surface area (Å²) in [6.07, 6.45) is 0. The second kappa shape index (κ2) is 4.62. The lowest BCUT2D eigenvalue weighted by atomic mass is 10.4. The number of rotatable bonds is 3. The van der Waals surface area contributed by atoms with Gasteiger partial charge >= 0.3 is 0 Å². The van der Waals surface area contributed by atoms with Crippen LogP contribution in [-0.2, 0) is 5.75 Å². The molecular formula is C8H9N5OS2. The van der Waals surface area contributed by atoms with Crippen molar-refractivity contribution >= 4 is 29.0 Å². The first-order valence-electron chi connectivity index (χ1n) is 4.42. The van der Waals surface area contributed by atoms with E-state index in [-0.39, 0.29) is 11.5 Å². The van der Waals surface area contributed by atoms with E-state index in [1.54, 1.807) is 0 Å². The maximum atomic E-state index is 11.1. The average molecular weight is 255 g/mol. The molecule has 3 N–H and O–H groups in total. The van der Waals surface area contributed by atoms with Crippen molar-refractivity contribution in [3.05, 3.63) is 27.1 Å². The molecule has 0 saturated carbocycles. The Balaban J connectivity index is 2.07. The Hall–Kier alpha value is -1.41. The van der Waals surface area contributed by atoms with Crippen molar-refractivity contribution in [2.75, 3.05) is 5.73 Å². The third kappa shape index (κ3) is 2.80. The van der Waals surface area contributed by atoms with Crippen molar-refractivity contribution in [3.8, 4) is 0 Å². The van der Waals surface area contributed by atoms with Gasteiger partial charge in [-0.3, -0.25) is 9.78 Å². The Morgan fingerprint density at radius 3 is 3.00 bits per heavy atom. The predicted molar refractivity (Wildman–Crippen MR) is 63.5 cm³/mol. The van der Waals surface area contributed by atoms with E-state index in [0.717, 1.165) is 9.35 Å². The lowest BCUT2D eigenvalue weighted by Crippen LogP contribution is -2.11. The lowest BCUT2D eigenvalue weighted by Gasteiger charge is -1.98. The van der Waals surface area contributed by atoms with Crippen molar-refractivity contribution < 1.29 is 0 Å². The zero-order valence-electron chi connectivity index (χ0n) is 8.43. The number of nitrogens with two attached hydrogens (primary N) is 1. The Kier molecular flexibility index (Phi) is 3.20. The van der Waals surface area contributed by atoms with E-state index in [4.69, 9.17) is 5.73 Å². The van der Waals surface area contributed by atoms with E-state index < -0.39 is 0 Å². The summed E-state index contributed by atoms with van der Waals surface area (Å²) in [6.45, 7) is 1.89. The van der Waals surface area contributed by atoms with Gasteiger partial charge in [0, 0.05) is 11.8 Å². The van der Waals surface area contributed by atoms with E-state index in [2.05, 4.69) is 20.2 Å². The molecule has 0 aliphatic carbocycles. The maximum Gasteiger partial charge on any atom is 0.252 e. The fourth-order valence-corrected chi connectivity index (χ4v) is 2.78. The molecular weight excluding hydrogens is 246 g/mol. The van der Waals surface area contributed by atoms with Crippen LogP contribution in [0.15, 0.2) is 15.2 Å². The van der Waals surface area contributed by atoms with E-state index in [0.29, 0.717) is 11.4 Å². The van der Waals surface area contributed by atoms with Crippen LogP contribution in [0.2, 0.25) is 0 Å². The number of nitrogens with one attached hydrogen (secondary N) is 1. The zero-order chi connectivity index (χ0) is 11.5. The van der Waals surface area contributed by atoms with Gasteiger partial charge in [-0.2, -0.15) is 0 Å². The van der Waals surface area contributed by atoms with Crippen LogP contribution in [0.3, 0.4) is 0 Å². The second-order valence-corrected chi connectivity index (χ2v) is 5.40. The first-order valence-corrected chi connectivity index (χ1v) is 6.22. The second-order valence-electron chi connectivity index (χ2n) is 3.00. The molecule has 0 unspecified atom stereocenters. The molecule has 0 spiro atoms. The summed E-state index contributed by atoms with van der Waals surface area (Å²) in [5.41, 5.74) is 5.83. The number of anilines is 1. The van der Waals surface area contributed by atoms with Gasteiger partial charge in [-0.05, 0) is 6.92 Å². The number of aromatic amines is 1. The molecule has 2 aromatic heterocycles. The molecule has 0 aromatic carbocycles. The molecule has 0 saturated heterocycles. The standard InChI is InChI=1S/C8H9N5OS2/c1-4-12-13-8(16-4)15-3-5-2-6(14)11-7(9)10-5/h2H,3H2,1H3,(H3,9,10,11,14). The van der Waals surface area contributed by atoms with Crippen LogP contribution in [0, 0.1) is 6.92 Å². The summed E-state index contributed by atoms with van der Waals surface area (Å²) in [6, 6.07) is 1.43. The monoisotopic (exact) mass is 255 g/mol. The van der Waals surface area contributed by atoms with Crippen LogP contribution < -0.4 is 11.3 Å². The molecule has 0 aliphatic heterocycles. The topological polar surface area (TPSA) is 97.5 Å². The third-order valence-electron chi connectivity index (χ3n) is 1.66. The van der Waals surface area contributed by atoms with Crippen molar-refractivity contribution in [2.24, 2.45) is 0 Å². The number of hydrogen-bond acceptors (Lipinski definition) is 7. The van der Waals surface area contributed by atoms with Crippen molar-refractivity contribution in [1.29, 1.82) is 0 Å². The Morgan fingerprint density at radius 2 is 2.38 bits per heavy atom. The van der Waals surface area contributed by atoms with Crippen molar-refractivity contribution in [1.82, 2.24) is 20.2 Å². The molecule has 8 heteroatoms. The molecule has 6 nitrogen and oxygen atoms in total. The number of H-pyrrole nitrogens is 1. The largest absolute Gasteiger partial charge is 0.369 e. The zero-order valence-corrected chi connectivity index (χ0v) is 10.1. The van der Waals surface area contributed by atoms with E-state index >= 15 is 0 Å². The smallest absolute Gasteiger partial charge is 0.252 e. The molecule has 2 aromatic rings. The fraction of sp³-hybridized carbons (Fsp3) is 0.250. The van der Waals surface area contributed by atoms with Crippen LogP contribution in [0.1, 0.15) is 10.7 Å². The molecule has 0 atom stereocenters. The highest BCUT2D eigenvalue weighted by Crippen LogP contribution is 2.24. The summed E-state index contributed by atoms with van der Waals surface area (Å²) in [5.74, 6) is 0.694. The van der Waals surface area contributed by atoms with E-state index in [1.807, 2.05) is 6.92 Å². The van der Waals surface area contributed by atoms with Gasteiger partial charge in [0.1, 0.15) is 5.01 Å². The Labute approximate surface area is 99.3 Å². The highest BCUT2D eigenvalue weighted by atomic mass is 32.2.